The quantitative estimate of drug-likeness (QED) is 0.877. The van der Waals surface area contributed by atoms with Crippen LogP contribution >= 0.6 is 0 Å². The average Bonchev–Trinajstić information content (AvgIpc) is 2.93. The molecule has 0 saturated carbocycles. The van der Waals surface area contributed by atoms with Crippen molar-refractivity contribution in [1.29, 1.82) is 0 Å². The Balaban J connectivity index is 2.00. The van der Waals surface area contributed by atoms with E-state index in [0.29, 0.717) is 6.54 Å². The number of hydrogen-bond acceptors (Lipinski definition) is 3. The van der Waals surface area contributed by atoms with Crippen molar-refractivity contribution in [2.45, 2.75) is 57.3 Å². The van der Waals surface area contributed by atoms with Crippen LogP contribution in [-0.2, 0) is 5.60 Å². The summed E-state index contributed by atoms with van der Waals surface area (Å²) >= 11 is 0. The molecular weight excluding hydrogens is 325 g/mol. The molecule has 1 fully saturated rings. The maximum absolute atomic E-state index is 13.3. The lowest BCUT2D eigenvalue weighted by molar-refractivity contribution is -0.274. The van der Waals surface area contributed by atoms with Crippen molar-refractivity contribution in [1.82, 2.24) is 10.2 Å². The number of hydrogen-bond donors (Lipinski definition) is 2. The number of piperidine rings is 1. The zero-order chi connectivity index (χ0) is 18.0. The molecule has 8 heteroatoms. The summed E-state index contributed by atoms with van der Waals surface area (Å²) in [5, 5.41) is 12.6. The molecular formula is C16H23F3N2O3. The van der Waals surface area contributed by atoms with Crippen LogP contribution < -0.4 is 5.32 Å². The molecule has 0 unspecified atom stereocenters. The number of likely N-dealkylation sites (tertiary alicyclic amines) is 1. The molecule has 136 valence electrons. The van der Waals surface area contributed by atoms with E-state index in [1.165, 1.54) is 13.0 Å². The first-order chi connectivity index (χ1) is 11.1. The van der Waals surface area contributed by atoms with Crippen molar-refractivity contribution in [3.05, 3.63) is 23.7 Å². The molecule has 0 spiro atoms. The predicted molar refractivity (Wildman–Crippen MR) is 81.4 cm³/mol. The molecule has 2 atom stereocenters. The number of carbonyl (C=O) groups is 1. The van der Waals surface area contributed by atoms with Crippen LogP contribution in [0, 0.1) is 6.92 Å². The minimum atomic E-state index is -4.90. The van der Waals surface area contributed by atoms with Gasteiger partial charge in [-0.25, -0.2) is 4.79 Å². The normalized spacial score (nSPS) is 21.4. The van der Waals surface area contributed by atoms with Crippen LogP contribution in [-0.4, -0.2) is 41.3 Å². The smallest absolute Gasteiger partial charge is 0.424 e. The number of furan rings is 1. The van der Waals surface area contributed by atoms with Gasteiger partial charge >= 0.3 is 12.2 Å². The van der Waals surface area contributed by atoms with Gasteiger partial charge in [-0.3, -0.25) is 0 Å². The summed E-state index contributed by atoms with van der Waals surface area (Å²) in [5.41, 5.74) is -3.12. The minimum absolute atomic E-state index is 0.0629. The maximum Gasteiger partial charge on any atom is 0.424 e. The van der Waals surface area contributed by atoms with E-state index in [-0.39, 0.29) is 18.3 Å². The van der Waals surface area contributed by atoms with Gasteiger partial charge in [0.15, 0.2) is 0 Å². The van der Waals surface area contributed by atoms with Gasteiger partial charge in [-0.2, -0.15) is 13.2 Å². The third-order valence-corrected chi connectivity index (χ3v) is 4.44. The molecule has 1 aromatic heterocycles. The van der Waals surface area contributed by atoms with E-state index in [1.54, 1.807) is 4.90 Å². The average molecular weight is 348 g/mol. The van der Waals surface area contributed by atoms with Crippen LogP contribution in [0.15, 0.2) is 16.5 Å². The van der Waals surface area contributed by atoms with Gasteiger partial charge in [0, 0.05) is 25.6 Å². The first-order valence-corrected chi connectivity index (χ1v) is 8.05. The van der Waals surface area contributed by atoms with E-state index in [9.17, 15) is 23.1 Å². The number of urea groups is 1. The van der Waals surface area contributed by atoms with Crippen molar-refractivity contribution in [2.75, 3.05) is 13.1 Å². The Hall–Kier alpha value is -1.70. The second-order valence-corrected chi connectivity index (χ2v) is 6.29. The van der Waals surface area contributed by atoms with E-state index in [0.717, 1.165) is 25.3 Å². The molecule has 1 aliphatic heterocycles. The molecule has 5 nitrogen and oxygen atoms in total. The number of aryl methyl sites for hydroxylation is 1. The van der Waals surface area contributed by atoms with Crippen LogP contribution in [0.2, 0.25) is 0 Å². The molecule has 0 aromatic carbocycles. The Bertz CT molecular complexity index is 573. The summed E-state index contributed by atoms with van der Waals surface area (Å²) in [4.78, 5) is 13.7. The number of aliphatic hydroxyl groups is 1. The van der Waals surface area contributed by atoms with E-state index < -0.39 is 30.0 Å². The molecule has 2 rings (SSSR count). The topological polar surface area (TPSA) is 65.7 Å². The minimum Gasteiger partial charge on any atom is -0.463 e. The molecule has 1 saturated heterocycles. The van der Waals surface area contributed by atoms with Crippen molar-refractivity contribution in [2.24, 2.45) is 0 Å². The van der Waals surface area contributed by atoms with Gasteiger partial charge in [0.1, 0.15) is 11.5 Å². The van der Waals surface area contributed by atoms with Crippen molar-refractivity contribution in [3.8, 4) is 0 Å². The van der Waals surface area contributed by atoms with E-state index in [4.69, 9.17) is 4.42 Å². The summed E-state index contributed by atoms with van der Waals surface area (Å²) in [6, 6.07) is 2.13. The van der Waals surface area contributed by atoms with Crippen LogP contribution in [0.25, 0.3) is 0 Å². The lowest BCUT2D eigenvalue weighted by Gasteiger charge is -2.34. The van der Waals surface area contributed by atoms with Crippen LogP contribution in [0.3, 0.4) is 0 Å². The van der Waals surface area contributed by atoms with Gasteiger partial charge in [-0.05, 0) is 45.2 Å². The molecule has 2 amide bonds. The molecule has 2 N–H and O–H groups in total. The van der Waals surface area contributed by atoms with Crippen LogP contribution in [0.1, 0.15) is 44.1 Å². The van der Waals surface area contributed by atoms with Gasteiger partial charge in [-0.15, -0.1) is 0 Å². The Labute approximate surface area is 138 Å². The monoisotopic (exact) mass is 348 g/mol. The van der Waals surface area contributed by atoms with Gasteiger partial charge < -0.3 is 19.7 Å². The van der Waals surface area contributed by atoms with E-state index >= 15 is 0 Å². The number of amides is 2. The highest BCUT2D eigenvalue weighted by atomic mass is 19.4. The Morgan fingerprint density at radius 2 is 2.12 bits per heavy atom. The standard InChI is InChI=1S/C16H23F3N2O3/c1-11-5-3-4-10-21(11)14(22)20-9-8-15(23,16(17,18)19)13-7-6-12(2)24-13/h6-7,11,23H,3-5,8-10H2,1-2H3,(H,20,22)/t11-,15-/m1/s1. The molecule has 2 heterocycles. The first-order valence-electron chi connectivity index (χ1n) is 8.05. The highest BCUT2D eigenvalue weighted by Crippen LogP contribution is 2.42. The highest BCUT2D eigenvalue weighted by molar-refractivity contribution is 5.74. The lowest BCUT2D eigenvalue weighted by atomic mass is 9.95. The Kier molecular flexibility index (Phi) is 5.47. The molecule has 0 aliphatic carbocycles. The Morgan fingerprint density at radius 3 is 2.67 bits per heavy atom. The zero-order valence-electron chi connectivity index (χ0n) is 13.8. The fraction of sp³-hybridized carbons (Fsp3) is 0.688. The van der Waals surface area contributed by atoms with Crippen LogP contribution in [0.4, 0.5) is 18.0 Å². The molecule has 1 aromatic rings. The van der Waals surface area contributed by atoms with Gasteiger partial charge in [-0.1, -0.05) is 0 Å². The van der Waals surface area contributed by atoms with Gasteiger partial charge in [0.05, 0.1) is 0 Å². The third kappa shape index (κ3) is 3.85. The summed E-state index contributed by atoms with van der Waals surface area (Å²) in [6.45, 7) is 3.70. The second kappa shape index (κ2) is 7.04. The summed E-state index contributed by atoms with van der Waals surface area (Å²) in [6.07, 6.45) is -2.81. The Morgan fingerprint density at radius 1 is 1.42 bits per heavy atom. The van der Waals surface area contributed by atoms with E-state index in [2.05, 4.69) is 5.32 Å². The summed E-state index contributed by atoms with van der Waals surface area (Å²) in [5.74, 6) is -0.285. The fourth-order valence-electron chi connectivity index (χ4n) is 2.91. The number of halogens is 3. The summed E-state index contributed by atoms with van der Waals surface area (Å²) in [7, 11) is 0. The predicted octanol–water partition coefficient (Wildman–Crippen LogP) is 3.31. The van der Waals surface area contributed by atoms with Crippen molar-refractivity contribution >= 4 is 6.03 Å². The third-order valence-electron chi connectivity index (χ3n) is 4.44. The van der Waals surface area contributed by atoms with Crippen molar-refractivity contribution in [3.63, 3.8) is 0 Å². The number of rotatable bonds is 4. The fourth-order valence-corrected chi connectivity index (χ4v) is 2.91. The molecule has 1 aliphatic rings. The number of alkyl halides is 3. The van der Waals surface area contributed by atoms with Crippen molar-refractivity contribution < 1.29 is 27.5 Å². The molecule has 0 bridgehead atoms. The van der Waals surface area contributed by atoms with Gasteiger partial charge in [0.25, 0.3) is 0 Å². The second-order valence-electron chi connectivity index (χ2n) is 6.29. The largest absolute Gasteiger partial charge is 0.463 e. The SMILES string of the molecule is Cc1ccc([C@](O)(CCNC(=O)N2CCCC[C@H]2C)C(F)(F)F)o1. The molecule has 24 heavy (non-hydrogen) atoms. The number of nitrogens with zero attached hydrogens (tertiary/aromatic N) is 1. The number of nitrogens with one attached hydrogen (secondary N) is 1. The zero-order valence-corrected chi connectivity index (χ0v) is 13.8. The summed E-state index contributed by atoms with van der Waals surface area (Å²) < 4.78 is 44.9. The van der Waals surface area contributed by atoms with Gasteiger partial charge in [0.2, 0.25) is 5.60 Å². The van der Waals surface area contributed by atoms with Crippen LogP contribution in [0.5, 0.6) is 0 Å². The highest BCUT2D eigenvalue weighted by Gasteiger charge is 2.56. The lowest BCUT2D eigenvalue weighted by Crippen LogP contribution is -2.49. The molecule has 0 radical (unpaired) electrons. The first kappa shape index (κ1) is 18.6. The maximum atomic E-state index is 13.3. The number of carbonyl (C=O) groups excluding carboxylic acids is 1. The van der Waals surface area contributed by atoms with E-state index in [1.807, 2.05) is 6.92 Å².